The minimum Gasteiger partial charge on any atom is -0.486 e. The van der Waals surface area contributed by atoms with Crippen LogP contribution in [0, 0.1) is 5.82 Å². The van der Waals surface area contributed by atoms with E-state index in [4.69, 9.17) is 27.9 Å². The average Bonchev–Trinajstić information content (AvgIpc) is 3.12. The highest BCUT2D eigenvalue weighted by Crippen LogP contribution is 2.38. The van der Waals surface area contributed by atoms with Gasteiger partial charge in [-0.25, -0.2) is 14.2 Å². The second kappa shape index (κ2) is 11.2. The molecule has 10 heteroatoms. The van der Waals surface area contributed by atoms with Crippen LogP contribution in [0.1, 0.15) is 28.4 Å². The Balaban J connectivity index is 1.57. The monoisotopic (exact) mass is 544 g/mol. The van der Waals surface area contributed by atoms with Crippen LogP contribution < -0.4 is 4.74 Å². The first kappa shape index (κ1) is 25.8. The number of aliphatic imine (C=N–C) groups is 1. The highest BCUT2D eigenvalue weighted by Gasteiger charge is 2.32. The van der Waals surface area contributed by atoms with Gasteiger partial charge in [0.15, 0.2) is 10.9 Å². The van der Waals surface area contributed by atoms with Gasteiger partial charge in [0.1, 0.15) is 12.4 Å². The number of amides is 1. The highest BCUT2D eigenvalue weighted by molar-refractivity contribution is 8.18. The Kier molecular flexibility index (Phi) is 7.98. The summed E-state index contributed by atoms with van der Waals surface area (Å²) in [5.41, 5.74) is 1.75. The number of hydrogen-bond acceptors (Lipinski definition) is 5. The minimum atomic E-state index is -1.06. The number of carboxylic acids is 1. The van der Waals surface area contributed by atoms with Gasteiger partial charge in [-0.15, -0.1) is 0 Å². The van der Waals surface area contributed by atoms with Crippen LogP contribution in [-0.2, 0) is 11.4 Å². The van der Waals surface area contributed by atoms with Gasteiger partial charge >= 0.3 is 5.97 Å². The zero-order valence-corrected chi connectivity index (χ0v) is 21.2. The zero-order chi connectivity index (χ0) is 25.8. The molecule has 0 saturated carbocycles. The Hall–Kier alpha value is -3.33. The Bertz CT molecular complexity index is 1390. The number of amidine groups is 1. The molecular formula is C26H19Cl2FN2O4S. The van der Waals surface area contributed by atoms with Gasteiger partial charge in [-0.2, -0.15) is 0 Å². The summed E-state index contributed by atoms with van der Waals surface area (Å²) in [7, 11) is 0. The standard InChI is InChI=1S/C26H19Cl2FN2O4S/c1-2-31-24(32)22(36-26(31)30-19-8-4-6-17(13-19)25(33)34)12-16-10-20(27)23(21(28)11-16)35-14-15-5-3-7-18(29)9-15/h3-13H,2,14H2,1H3,(H,33,34). The number of carboxylic acid groups (broad SMARTS) is 1. The van der Waals surface area contributed by atoms with Crippen LogP contribution in [0.2, 0.25) is 10.0 Å². The van der Waals surface area contributed by atoms with E-state index in [1.54, 1.807) is 42.5 Å². The van der Waals surface area contributed by atoms with E-state index in [1.165, 1.54) is 40.9 Å². The molecule has 184 valence electrons. The number of carbonyl (C=O) groups is 2. The van der Waals surface area contributed by atoms with Gasteiger partial charge in [0.25, 0.3) is 5.91 Å². The van der Waals surface area contributed by atoms with Crippen LogP contribution in [0.25, 0.3) is 6.08 Å². The molecule has 1 N–H and O–H groups in total. The van der Waals surface area contributed by atoms with Crippen molar-refractivity contribution in [3.8, 4) is 5.75 Å². The minimum absolute atomic E-state index is 0.0837. The number of rotatable bonds is 7. The molecule has 1 heterocycles. The fourth-order valence-corrected chi connectivity index (χ4v) is 5.10. The van der Waals surface area contributed by atoms with E-state index in [-0.39, 0.29) is 39.7 Å². The van der Waals surface area contributed by atoms with Crippen molar-refractivity contribution in [1.29, 1.82) is 0 Å². The van der Waals surface area contributed by atoms with Gasteiger partial charge < -0.3 is 9.84 Å². The smallest absolute Gasteiger partial charge is 0.335 e. The second-order valence-electron chi connectivity index (χ2n) is 7.64. The summed E-state index contributed by atoms with van der Waals surface area (Å²) in [6.45, 7) is 2.29. The lowest BCUT2D eigenvalue weighted by Crippen LogP contribution is -2.28. The van der Waals surface area contributed by atoms with Crippen LogP contribution in [0.5, 0.6) is 5.75 Å². The van der Waals surface area contributed by atoms with Crippen LogP contribution in [0.4, 0.5) is 10.1 Å². The van der Waals surface area contributed by atoms with Gasteiger partial charge in [-0.1, -0.05) is 41.4 Å². The van der Waals surface area contributed by atoms with Crippen molar-refractivity contribution in [2.45, 2.75) is 13.5 Å². The lowest BCUT2D eigenvalue weighted by Gasteiger charge is -2.12. The van der Waals surface area contributed by atoms with Gasteiger partial charge in [-0.05, 0) is 78.4 Å². The number of hydrogen-bond donors (Lipinski definition) is 1. The molecule has 36 heavy (non-hydrogen) atoms. The van der Waals surface area contributed by atoms with Crippen molar-refractivity contribution in [3.05, 3.63) is 98.1 Å². The molecular weight excluding hydrogens is 526 g/mol. The molecule has 0 aromatic heterocycles. The molecule has 6 nitrogen and oxygen atoms in total. The number of halogens is 3. The molecule has 4 rings (SSSR count). The summed E-state index contributed by atoms with van der Waals surface area (Å²) >= 11 is 14.0. The van der Waals surface area contributed by atoms with Crippen LogP contribution >= 0.6 is 35.0 Å². The van der Waals surface area contributed by atoms with E-state index in [0.717, 1.165) is 0 Å². The van der Waals surface area contributed by atoms with Gasteiger partial charge in [0.2, 0.25) is 0 Å². The Morgan fingerprint density at radius 2 is 1.86 bits per heavy atom. The Labute approximate surface area is 221 Å². The fraction of sp³-hybridized carbons (Fsp3) is 0.115. The first-order valence-electron chi connectivity index (χ1n) is 10.7. The Morgan fingerprint density at radius 3 is 2.53 bits per heavy atom. The Morgan fingerprint density at radius 1 is 1.14 bits per heavy atom. The van der Waals surface area contributed by atoms with E-state index in [0.29, 0.717) is 33.4 Å². The third kappa shape index (κ3) is 5.90. The summed E-state index contributed by atoms with van der Waals surface area (Å²) in [6, 6.07) is 15.4. The molecule has 0 radical (unpaired) electrons. The second-order valence-corrected chi connectivity index (χ2v) is 9.47. The number of ether oxygens (including phenoxy) is 1. The molecule has 0 bridgehead atoms. The number of aromatic carboxylic acids is 1. The van der Waals surface area contributed by atoms with Crippen molar-refractivity contribution < 1.29 is 23.8 Å². The number of likely N-dealkylation sites (N-methyl/N-ethyl adjacent to an activating group) is 1. The maximum absolute atomic E-state index is 13.4. The van der Waals surface area contributed by atoms with E-state index >= 15 is 0 Å². The van der Waals surface area contributed by atoms with E-state index < -0.39 is 5.97 Å². The number of benzene rings is 3. The molecule has 1 amide bonds. The van der Waals surface area contributed by atoms with Gasteiger partial charge in [0, 0.05) is 6.54 Å². The summed E-state index contributed by atoms with van der Waals surface area (Å²) in [5, 5.41) is 10.1. The van der Waals surface area contributed by atoms with Crippen LogP contribution in [-0.4, -0.2) is 33.6 Å². The number of nitrogens with zero attached hydrogens (tertiary/aromatic N) is 2. The largest absolute Gasteiger partial charge is 0.486 e. The molecule has 0 spiro atoms. The predicted octanol–water partition coefficient (Wildman–Crippen LogP) is 7.03. The molecule has 1 saturated heterocycles. The van der Waals surface area contributed by atoms with Crippen molar-refractivity contribution in [1.82, 2.24) is 4.90 Å². The van der Waals surface area contributed by atoms with Gasteiger partial charge in [-0.3, -0.25) is 9.69 Å². The lowest BCUT2D eigenvalue weighted by atomic mass is 10.2. The maximum Gasteiger partial charge on any atom is 0.335 e. The first-order chi connectivity index (χ1) is 17.2. The van der Waals surface area contributed by atoms with Crippen molar-refractivity contribution in [2.75, 3.05) is 6.54 Å². The third-order valence-corrected chi connectivity index (χ3v) is 6.68. The molecule has 1 aliphatic rings. The lowest BCUT2D eigenvalue weighted by molar-refractivity contribution is -0.122. The fourth-order valence-electron chi connectivity index (χ4n) is 3.42. The summed E-state index contributed by atoms with van der Waals surface area (Å²) in [5.74, 6) is -1.41. The summed E-state index contributed by atoms with van der Waals surface area (Å²) in [4.78, 5) is 30.6. The van der Waals surface area contributed by atoms with Crippen molar-refractivity contribution in [2.24, 2.45) is 4.99 Å². The molecule has 0 atom stereocenters. The first-order valence-corrected chi connectivity index (χ1v) is 12.3. The summed E-state index contributed by atoms with van der Waals surface area (Å²) < 4.78 is 19.1. The van der Waals surface area contributed by atoms with E-state index in [9.17, 15) is 19.1 Å². The van der Waals surface area contributed by atoms with Crippen LogP contribution in [0.15, 0.2) is 70.6 Å². The number of thioether (sulfide) groups is 1. The van der Waals surface area contributed by atoms with Gasteiger partial charge in [0.05, 0.1) is 26.2 Å². The molecule has 3 aromatic carbocycles. The maximum atomic E-state index is 13.4. The predicted molar refractivity (Wildman–Crippen MR) is 141 cm³/mol. The van der Waals surface area contributed by atoms with E-state index in [1.807, 2.05) is 6.92 Å². The third-order valence-electron chi connectivity index (χ3n) is 5.11. The molecule has 1 fully saturated rings. The van der Waals surface area contributed by atoms with E-state index in [2.05, 4.69) is 4.99 Å². The molecule has 1 aliphatic heterocycles. The molecule has 0 aliphatic carbocycles. The SMILES string of the molecule is CCN1C(=O)C(=Cc2cc(Cl)c(OCc3cccc(F)c3)c(Cl)c2)SC1=Nc1cccc(C(=O)O)c1. The molecule has 0 unspecified atom stereocenters. The summed E-state index contributed by atoms with van der Waals surface area (Å²) in [6.07, 6.45) is 1.65. The number of carbonyl (C=O) groups excluding carboxylic acids is 1. The quantitative estimate of drug-likeness (QED) is 0.323. The van der Waals surface area contributed by atoms with Crippen molar-refractivity contribution in [3.63, 3.8) is 0 Å². The average molecular weight is 545 g/mol. The highest BCUT2D eigenvalue weighted by atomic mass is 35.5. The topological polar surface area (TPSA) is 79.2 Å². The normalized spacial score (nSPS) is 15.7. The zero-order valence-electron chi connectivity index (χ0n) is 18.9. The molecule has 3 aromatic rings. The van der Waals surface area contributed by atoms with Crippen LogP contribution in [0.3, 0.4) is 0 Å². The van der Waals surface area contributed by atoms with Crippen molar-refractivity contribution >= 4 is 63.8 Å².